The SMILES string of the molecule is CC(C)NS(=O)(=O)C1CCOCC1Cc1ccc(F)cc1. The van der Waals surface area contributed by atoms with Crippen molar-refractivity contribution in [3.63, 3.8) is 0 Å². The molecule has 0 bridgehead atoms. The maximum absolute atomic E-state index is 12.9. The molecular formula is C15H22FNO3S. The summed E-state index contributed by atoms with van der Waals surface area (Å²) in [6.45, 7) is 4.50. The van der Waals surface area contributed by atoms with E-state index in [9.17, 15) is 12.8 Å². The van der Waals surface area contributed by atoms with Gasteiger partial charge in [0.15, 0.2) is 0 Å². The van der Waals surface area contributed by atoms with E-state index in [2.05, 4.69) is 4.72 Å². The van der Waals surface area contributed by atoms with Crippen LogP contribution in [0.5, 0.6) is 0 Å². The highest BCUT2D eigenvalue weighted by Gasteiger charge is 2.36. The first-order valence-corrected chi connectivity index (χ1v) is 8.76. The Morgan fingerprint density at radius 3 is 2.62 bits per heavy atom. The van der Waals surface area contributed by atoms with Crippen LogP contribution in [-0.2, 0) is 21.2 Å². The average molecular weight is 315 g/mol. The van der Waals surface area contributed by atoms with Crippen molar-refractivity contribution in [1.82, 2.24) is 4.72 Å². The Hall–Kier alpha value is -0.980. The number of halogens is 1. The summed E-state index contributed by atoms with van der Waals surface area (Å²) in [4.78, 5) is 0. The Morgan fingerprint density at radius 1 is 1.33 bits per heavy atom. The lowest BCUT2D eigenvalue weighted by molar-refractivity contribution is 0.0569. The first-order chi connectivity index (χ1) is 9.88. The van der Waals surface area contributed by atoms with Crippen molar-refractivity contribution in [2.45, 2.75) is 38.0 Å². The van der Waals surface area contributed by atoms with Gasteiger partial charge in [0.25, 0.3) is 0 Å². The van der Waals surface area contributed by atoms with Gasteiger partial charge in [0.05, 0.1) is 11.9 Å². The van der Waals surface area contributed by atoms with E-state index in [1.54, 1.807) is 12.1 Å². The number of nitrogens with one attached hydrogen (secondary N) is 1. The quantitative estimate of drug-likeness (QED) is 0.905. The molecule has 1 aliphatic heterocycles. The Bertz CT molecular complexity index is 557. The van der Waals surface area contributed by atoms with Crippen molar-refractivity contribution < 1.29 is 17.5 Å². The minimum atomic E-state index is -3.36. The van der Waals surface area contributed by atoms with E-state index in [0.717, 1.165) is 5.56 Å². The maximum Gasteiger partial charge on any atom is 0.215 e. The summed E-state index contributed by atoms with van der Waals surface area (Å²) in [5.41, 5.74) is 0.927. The van der Waals surface area contributed by atoms with E-state index in [0.29, 0.717) is 26.1 Å². The number of sulfonamides is 1. The molecule has 0 radical (unpaired) electrons. The highest BCUT2D eigenvalue weighted by Crippen LogP contribution is 2.25. The molecule has 1 fully saturated rings. The molecule has 21 heavy (non-hydrogen) atoms. The van der Waals surface area contributed by atoms with E-state index in [4.69, 9.17) is 4.74 Å². The average Bonchev–Trinajstić information content (AvgIpc) is 2.40. The van der Waals surface area contributed by atoms with Gasteiger partial charge < -0.3 is 4.74 Å². The van der Waals surface area contributed by atoms with Gasteiger partial charge in [0.1, 0.15) is 5.82 Å². The molecule has 2 rings (SSSR count). The molecule has 0 amide bonds. The lowest BCUT2D eigenvalue weighted by Gasteiger charge is -2.32. The third kappa shape index (κ3) is 4.49. The summed E-state index contributed by atoms with van der Waals surface area (Å²) in [7, 11) is -3.36. The summed E-state index contributed by atoms with van der Waals surface area (Å²) in [6.07, 6.45) is 1.07. The van der Waals surface area contributed by atoms with Crippen molar-refractivity contribution in [2.24, 2.45) is 5.92 Å². The summed E-state index contributed by atoms with van der Waals surface area (Å²) in [5, 5.41) is -0.460. The minimum absolute atomic E-state index is 0.111. The zero-order valence-corrected chi connectivity index (χ0v) is 13.2. The third-order valence-electron chi connectivity index (χ3n) is 3.61. The second-order valence-electron chi connectivity index (χ2n) is 5.81. The monoisotopic (exact) mass is 315 g/mol. The molecule has 1 saturated heterocycles. The molecule has 4 nitrogen and oxygen atoms in total. The topological polar surface area (TPSA) is 55.4 Å². The molecule has 1 N–H and O–H groups in total. The molecule has 2 unspecified atom stereocenters. The van der Waals surface area contributed by atoms with Gasteiger partial charge in [-0.05, 0) is 44.4 Å². The van der Waals surface area contributed by atoms with Crippen LogP contribution >= 0.6 is 0 Å². The Morgan fingerprint density at radius 2 is 2.00 bits per heavy atom. The smallest absolute Gasteiger partial charge is 0.215 e. The number of hydrogen-bond donors (Lipinski definition) is 1. The molecule has 1 aliphatic rings. The third-order valence-corrected chi connectivity index (χ3v) is 5.83. The molecule has 6 heteroatoms. The molecule has 1 aromatic rings. The second kappa shape index (κ2) is 6.85. The van der Waals surface area contributed by atoms with Gasteiger partial charge >= 0.3 is 0 Å². The van der Waals surface area contributed by atoms with Crippen molar-refractivity contribution >= 4 is 10.0 Å². The van der Waals surface area contributed by atoms with Crippen molar-refractivity contribution in [3.8, 4) is 0 Å². The van der Waals surface area contributed by atoms with Crippen LogP contribution in [0.3, 0.4) is 0 Å². The van der Waals surface area contributed by atoms with Crippen LogP contribution in [0.4, 0.5) is 4.39 Å². The summed E-state index contributed by atoms with van der Waals surface area (Å²) in [5.74, 6) is -0.398. The molecule has 2 atom stereocenters. The fourth-order valence-electron chi connectivity index (χ4n) is 2.72. The van der Waals surface area contributed by atoms with E-state index in [-0.39, 0.29) is 17.8 Å². The van der Waals surface area contributed by atoms with Gasteiger partial charge in [-0.15, -0.1) is 0 Å². The van der Waals surface area contributed by atoms with Crippen LogP contribution in [0.2, 0.25) is 0 Å². The Balaban J connectivity index is 2.13. The van der Waals surface area contributed by atoms with Crippen molar-refractivity contribution in [2.75, 3.05) is 13.2 Å². The molecule has 1 heterocycles. The highest BCUT2D eigenvalue weighted by atomic mass is 32.2. The van der Waals surface area contributed by atoms with Crippen LogP contribution in [0.1, 0.15) is 25.8 Å². The van der Waals surface area contributed by atoms with Crippen LogP contribution in [-0.4, -0.2) is 32.9 Å². The minimum Gasteiger partial charge on any atom is -0.381 e. The first-order valence-electron chi connectivity index (χ1n) is 7.22. The molecule has 1 aromatic carbocycles. The van der Waals surface area contributed by atoms with Gasteiger partial charge in [-0.2, -0.15) is 0 Å². The van der Waals surface area contributed by atoms with Gasteiger partial charge in [-0.3, -0.25) is 0 Å². The predicted molar refractivity (Wildman–Crippen MR) is 80.0 cm³/mol. The van der Waals surface area contributed by atoms with Crippen LogP contribution in [0.15, 0.2) is 24.3 Å². The molecule has 0 saturated carbocycles. The Kier molecular flexibility index (Phi) is 5.35. The van der Waals surface area contributed by atoms with Gasteiger partial charge in [-0.1, -0.05) is 12.1 Å². The van der Waals surface area contributed by atoms with Crippen molar-refractivity contribution in [1.29, 1.82) is 0 Å². The number of ether oxygens (including phenoxy) is 1. The fourth-order valence-corrected chi connectivity index (χ4v) is 4.64. The molecule has 0 aliphatic carbocycles. The second-order valence-corrected chi connectivity index (χ2v) is 7.74. The van der Waals surface area contributed by atoms with Gasteiger partial charge in [-0.25, -0.2) is 17.5 Å². The standard InChI is InChI=1S/C15H22FNO3S/c1-11(2)17-21(18,19)15-7-8-20-10-13(15)9-12-3-5-14(16)6-4-12/h3-6,11,13,15,17H,7-10H2,1-2H3. The summed E-state index contributed by atoms with van der Waals surface area (Å²) < 4.78 is 45.9. The normalized spacial score (nSPS) is 23.4. The summed E-state index contributed by atoms with van der Waals surface area (Å²) >= 11 is 0. The number of benzene rings is 1. The zero-order chi connectivity index (χ0) is 15.5. The fraction of sp³-hybridized carbons (Fsp3) is 0.600. The molecule has 118 valence electrons. The molecular weight excluding hydrogens is 293 g/mol. The molecule has 0 aromatic heterocycles. The van der Waals surface area contributed by atoms with Crippen LogP contribution < -0.4 is 4.72 Å². The number of hydrogen-bond acceptors (Lipinski definition) is 3. The van der Waals surface area contributed by atoms with E-state index in [1.165, 1.54) is 12.1 Å². The van der Waals surface area contributed by atoms with E-state index < -0.39 is 15.3 Å². The van der Waals surface area contributed by atoms with Crippen LogP contribution in [0, 0.1) is 11.7 Å². The largest absolute Gasteiger partial charge is 0.381 e. The predicted octanol–water partition coefficient (Wildman–Crippen LogP) is 2.10. The summed E-state index contributed by atoms with van der Waals surface area (Å²) in [6, 6.07) is 6.07. The first kappa shape index (κ1) is 16.4. The Labute approximate surface area is 125 Å². The number of rotatable bonds is 5. The highest BCUT2D eigenvalue weighted by molar-refractivity contribution is 7.90. The maximum atomic E-state index is 12.9. The molecule has 0 spiro atoms. The van der Waals surface area contributed by atoms with Crippen LogP contribution in [0.25, 0.3) is 0 Å². The lowest BCUT2D eigenvalue weighted by Crippen LogP contribution is -2.46. The van der Waals surface area contributed by atoms with Gasteiger partial charge in [0.2, 0.25) is 10.0 Å². The van der Waals surface area contributed by atoms with E-state index >= 15 is 0 Å². The van der Waals surface area contributed by atoms with Gasteiger partial charge in [0, 0.05) is 18.6 Å². The lowest BCUT2D eigenvalue weighted by atomic mass is 9.93. The van der Waals surface area contributed by atoms with Crippen molar-refractivity contribution in [3.05, 3.63) is 35.6 Å². The van der Waals surface area contributed by atoms with E-state index in [1.807, 2.05) is 13.8 Å². The zero-order valence-electron chi connectivity index (χ0n) is 12.4.